The summed E-state index contributed by atoms with van der Waals surface area (Å²) in [4.78, 5) is 13.2. The van der Waals surface area contributed by atoms with Crippen LogP contribution in [0.25, 0.3) is 0 Å². The van der Waals surface area contributed by atoms with E-state index < -0.39 is 5.97 Å². The summed E-state index contributed by atoms with van der Waals surface area (Å²) >= 11 is 1.74. The molecule has 0 unspecified atom stereocenters. The molecule has 1 N–H and O–H groups in total. The van der Waals surface area contributed by atoms with Crippen LogP contribution in [0.15, 0.2) is 52.3 Å². The van der Waals surface area contributed by atoms with Gasteiger partial charge in [0.05, 0.1) is 6.42 Å². The fourth-order valence-corrected chi connectivity index (χ4v) is 4.47. The van der Waals surface area contributed by atoms with Gasteiger partial charge in [0.1, 0.15) is 0 Å². The summed E-state index contributed by atoms with van der Waals surface area (Å²) in [6, 6.07) is 14.7. The molecule has 2 aromatic rings. The highest BCUT2D eigenvalue weighted by Crippen LogP contribution is 2.47. The summed E-state index contributed by atoms with van der Waals surface area (Å²) in [6.07, 6.45) is 2.52. The second-order valence-electron chi connectivity index (χ2n) is 8.29. The Morgan fingerprint density at radius 1 is 0.920 bits per heavy atom. The molecule has 0 aromatic heterocycles. The summed E-state index contributed by atoms with van der Waals surface area (Å²) in [5.74, 6) is -0.792. The monoisotopic (exact) mass is 354 g/mol. The zero-order valence-electron chi connectivity index (χ0n) is 15.4. The Kier molecular flexibility index (Phi) is 4.72. The number of fused-ring (bicyclic) bond motifs is 1. The van der Waals surface area contributed by atoms with E-state index in [4.69, 9.17) is 5.11 Å². The van der Waals surface area contributed by atoms with Gasteiger partial charge in [-0.15, -0.1) is 0 Å². The zero-order valence-corrected chi connectivity index (χ0v) is 16.2. The van der Waals surface area contributed by atoms with Crippen molar-refractivity contribution in [1.82, 2.24) is 0 Å². The van der Waals surface area contributed by atoms with E-state index in [0.717, 1.165) is 10.5 Å². The summed E-state index contributed by atoms with van der Waals surface area (Å²) in [7, 11) is 0. The molecular weight excluding hydrogens is 328 g/mol. The van der Waals surface area contributed by atoms with Crippen molar-refractivity contribution < 1.29 is 9.90 Å². The van der Waals surface area contributed by atoms with Crippen molar-refractivity contribution in [3.8, 4) is 0 Å². The van der Waals surface area contributed by atoms with Gasteiger partial charge in [0, 0.05) is 9.79 Å². The molecule has 3 rings (SSSR count). The van der Waals surface area contributed by atoms with E-state index in [-0.39, 0.29) is 17.3 Å². The van der Waals surface area contributed by atoms with Crippen LogP contribution < -0.4 is 0 Å². The molecule has 0 fully saturated rings. The lowest BCUT2D eigenvalue weighted by molar-refractivity contribution is -0.136. The average molecular weight is 355 g/mol. The van der Waals surface area contributed by atoms with Gasteiger partial charge in [0.2, 0.25) is 0 Å². The third kappa shape index (κ3) is 3.92. The molecule has 132 valence electrons. The van der Waals surface area contributed by atoms with E-state index in [1.165, 1.54) is 28.9 Å². The predicted octanol–water partition coefficient (Wildman–Crippen LogP) is 5.81. The summed E-state index contributed by atoms with van der Waals surface area (Å²) < 4.78 is 0. The minimum atomic E-state index is -0.792. The SMILES string of the molecule is CC1(C)CCC(C)(C)c2cc(Sc3ccc(CC(=O)O)cc3)ccc21. The fraction of sp³-hybridized carbons (Fsp3) is 0.409. The van der Waals surface area contributed by atoms with Gasteiger partial charge >= 0.3 is 5.97 Å². The largest absolute Gasteiger partial charge is 0.481 e. The first-order valence-electron chi connectivity index (χ1n) is 8.81. The van der Waals surface area contributed by atoms with E-state index in [0.29, 0.717) is 0 Å². The predicted molar refractivity (Wildman–Crippen MR) is 104 cm³/mol. The van der Waals surface area contributed by atoms with Crippen LogP contribution in [0.3, 0.4) is 0 Å². The molecule has 3 heteroatoms. The molecule has 0 saturated carbocycles. The van der Waals surface area contributed by atoms with Crippen molar-refractivity contribution in [2.45, 2.75) is 67.6 Å². The lowest BCUT2D eigenvalue weighted by Gasteiger charge is -2.42. The number of carbonyl (C=O) groups is 1. The molecule has 0 atom stereocenters. The average Bonchev–Trinajstić information content (AvgIpc) is 2.53. The molecule has 2 aromatic carbocycles. The maximum atomic E-state index is 10.8. The van der Waals surface area contributed by atoms with Gasteiger partial charge in [-0.1, -0.05) is 57.7 Å². The standard InChI is InChI=1S/C22H26O2S/c1-21(2)11-12-22(3,4)19-14-17(9-10-18(19)21)25-16-7-5-15(6-8-16)13-20(23)24/h5-10,14H,11-13H2,1-4H3,(H,23,24). The lowest BCUT2D eigenvalue weighted by Crippen LogP contribution is -2.33. The first-order valence-corrected chi connectivity index (χ1v) is 9.63. The van der Waals surface area contributed by atoms with Crippen LogP contribution in [0, 0.1) is 0 Å². The Morgan fingerprint density at radius 2 is 1.48 bits per heavy atom. The van der Waals surface area contributed by atoms with Crippen molar-refractivity contribution in [2.75, 3.05) is 0 Å². The summed E-state index contributed by atoms with van der Waals surface area (Å²) in [5.41, 5.74) is 4.24. The normalized spacial score (nSPS) is 17.8. The molecule has 1 aliphatic carbocycles. The minimum Gasteiger partial charge on any atom is -0.481 e. The van der Waals surface area contributed by atoms with Gasteiger partial charge in [0.15, 0.2) is 0 Å². The number of carboxylic acids is 1. The van der Waals surface area contributed by atoms with Gasteiger partial charge in [-0.3, -0.25) is 4.79 Å². The van der Waals surface area contributed by atoms with Crippen LogP contribution in [0.5, 0.6) is 0 Å². The third-order valence-corrected chi connectivity index (χ3v) is 6.34. The van der Waals surface area contributed by atoms with Gasteiger partial charge < -0.3 is 5.11 Å². The molecule has 0 saturated heterocycles. The van der Waals surface area contributed by atoms with Crippen molar-refractivity contribution in [1.29, 1.82) is 0 Å². The number of rotatable bonds is 4. The van der Waals surface area contributed by atoms with E-state index in [9.17, 15) is 4.79 Å². The van der Waals surface area contributed by atoms with Crippen molar-refractivity contribution in [2.24, 2.45) is 0 Å². The Labute approximate surface area is 154 Å². The number of carboxylic acid groups (broad SMARTS) is 1. The van der Waals surface area contributed by atoms with Crippen LogP contribution in [0.1, 0.15) is 57.2 Å². The van der Waals surface area contributed by atoms with Gasteiger partial charge in [-0.25, -0.2) is 0 Å². The first kappa shape index (κ1) is 18.1. The van der Waals surface area contributed by atoms with Crippen LogP contribution >= 0.6 is 11.8 Å². The second-order valence-corrected chi connectivity index (χ2v) is 9.44. The highest BCUT2D eigenvalue weighted by Gasteiger charge is 2.36. The van der Waals surface area contributed by atoms with Gasteiger partial charge in [-0.05, 0) is 64.6 Å². The quantitative estimate of drug-likeness (QED) is 0.752. The molecule has 0 amide bonds. The molecule has 0 spiro atoms. The molecule has 0 aliphatic heterocycles. The van der Waals surface area contributed by atoms with Crippen LogP contribution in [0.2, 0.25) is 0 Å². The summed E-state index contributed by atoms with van der Waals surface area (Å²) in [5, 5.41) is 8.87. The van der Waals surface area contributed by atoms with E-state index in [1.807, 2.05) is 24.3 Å². The second kappa shape index (κ2) is 6.53. The smallest absolute Gasteiger partial charge is 0.307 e. The Balaban J connectivity index is 1.86. The lowest BCUT2D eigenvalue weighted by atomic mass is 9.63. The van der Waals surface area contributed by atoms with E-state index in [2.05, 4.69) is 45.9 Å². The molecule has 25 heavy (non-hydrogen) atoms. The highest BCUT2D eigenvalue weighted by molar-refractivity contribution is 7.99. The minimum absolute atomic E-state index is 0.0765. The van der Waals surface area contributed by atoms with Crippen molar-refractivity contribution in [3.05, 3.63) is 59.2 Å². The van der Waals surface area contributed by atoms with Crippen LogP contribution in [-0.2, 0) is 22.0 Å². The number of hydrogen-bond acceptors (Lipinski definition) is 2. The molecular formula is C22H26O2S. The maximum absolute atomic E-state index is 10.8. The number of hydrogen-bond donors (Lipinski definition) is 1. The Morgan fingerprint density at radius 3 is 2.08 bits per heavy atom. The molecule has 0 radical (unpaired) electrons. The molecule has 2 nitrogen and oxygen atoms in total. The van der Waals surface area contributed by atoms with Gasteiger partial charge in [-0.2, -0.15) is 0 Å². The van der Waals surface area contributed by atoms with E-state index >= 15 is 0 Å². The van der Waals surface area contributed by atoms with Crippen molar-refractivity contribution >= 4 is 17.7 Å². The molecule has 1 aliphatic rings. The zero-order chi connectivity index (χ0) is 18.2. The number of aliphatic carboxylic acids is 1. The van der Waals surface area contributed by atoms with Crippen LogP contribution in [0.4, 0.5) is 0 Å². The van der Waals surface area contributed by atoms with E-state index in [1.54, 1.807) is 11.8 Å². The first-order chi connectivity index (χ1) is 11.7. The highest BCUT2D eigenvalue weighted by atomic mass is 32.2. The Bertz CT molecular complexity index is 788. The maximum Gasteiger partial charge on any atom is 0.307 e. The van der Waals surface area contributed by atoms with Gasteiger partial charge in [0.25, 0.3) is 0 Å². The Hall–Kier alpha value is -1.74. The molecule has 0 heterocycles. The van der Waals surface area contributed by atoms with Crippen LogP contribution in [-0.4, -0.2) is 11.1 Å². The fourth-order valence-electron chi connectivity index (χ4n) is 3.62. The molecule has 0 bridgehead atoms. The topological polar surface area (TPSA) is 37.3 Å². The van der Waals surface area contributed by atoms with Crippen molar-refractivity contribution in [3.63, 3.8) is 0 Å². The summed E-state index contributed by atoms with van der Waals surface area (Å²) in [6.45, 7) is 9.37. The third-order valence-electron chi connectivity index (χ3n) is 5.34. The number of benzene rings is 2.